The molecular weight excluding hydrogens is 345 g/mol. The monoisotopic (exact) mass is 377 g/mol. The fraction of sp³-hybridized carbons (Fsp3) is 0.545. The van der Waals surface area contributed by atoms with Crippen LogP contribution in [0.15, 0.2) is 36.4 Å². The van der Waals surface area contributed by atoms with Crippen molar-refractivity contribution in [1.82, 2.24) is 0 Å². The third-order valence-corrected chi connectivity index (χ3v) is 4.24. The predicted octanol–water partition coefficient (Wildman–Crippen LogP) is 5.78. The Morgan fingerprint density at radius 2 is 1.52 bits per heavy atom. The second kappa shape index (κ2) is 14.9. The summed E-state index contributed by atoms with van der Waals surface area (Å²) in [4.78, 5) is 23.2. The Balaban J connectivity index is 2.03. The van der Waals surface area contributed by atoms with Crippen molar-refractivity contribution in [2.75, 3.05) is 11.9 Å². The maximum Gasteiger partial charge on any atom is 0.330 e. The van der Waals surface area contributed by atoms with Gasteiger partial charge in [-0.25, -0.2) is 9.18 Å². The number of unbranched alkanes of at least 4 members (excludes halogenated alkanes) is 9. The molecule has 0 unspecified atom stereocenters. The van der Waals surface area contributed by atoms with E-state index in [4.69, 9.17) is 4.74 Å². The first-order valence-corrected chi connectivity index (χ1v) is 10.0. The van der Waals surface area contributed by atoms with Crippen molar-refractivity contribution in [3.63, 3.8) is 0 Å². The minimum atomic E-state index is -0.573. The van der Waals surface area contributed by atoms with Crippen LogP contribution in [0.25, 0.3) is 0 Å². The van der Waals surface area contributed by atoms with Crippen molar-refractivity contribution in [3.05, 3.63) is 42.2 Å². The van der Waals surface area contributed by atoms with E-state index in [9.17, 15) is 14.0 Å². The number of esters is 1. The first-order chi connectivity index (χ1) is 13.1. The topological polar surface area (TPSA) is 55.4 Å². The molecular formula is C22H32FNO3. The molecule has 0 aliphatic heterocycles. The lowest BCUT2D eigenvalue weighted by Gasteiger charge is -2.04. The van der Waals surface area contributed by atoms with E-state index in [2.05, 4.69) is 12.2 Å². The van der Waals surface area contributed by atoms with Gasteiger partial charge < -0.3 is 10.1 Å². The van der Waals surface area contributed by atoms with Crippen LogP contribution in [0.4, 0.5) is 10.1 Å². The molecule has 0 heterocycles. The fourth-order valence-corrected chi connectivity index (χ4v) is 2.69. The van der Waals surface area contributed by atoms with Gasteiger partial charge in [-0.05, 0) is 18.6 Å². The van der Waals surface area contributed by atoms with Crippen LogP contribution in [0.1, 0.15) is 71.1 Å². The van der Waals surface area contributed by atoms with Crippen molar-refractivity contribution in [1.29, 1.82) is 0 Å². The third kappa shape index (κ3) is 11.9. The molecule has 0 fully saturated rings. The average molecular weight is 378 g/mol. The molecule has 1 amide bonds. The molecule has 0 spiro atoms. The van der Waals surface area contributed by atoms with Gasteiger partial charge in [0.2, 0.25) is 5.91 Å². The van der Waals surface area contributed by atoms with E-state index in [1.807, 2.05) is 0 Å². The Morgan fingerprint density at radius 3 is 2.15 bits per heavy atom. The van der Waals surface area contributed by atoms with Crippen LogP contribution in [0.5, 0.6) is 0 Å². The van der Waals surface area contributed by atoms with Gasteiger partial charge in [0.1, 0.15) is 5.82 Å². The normalized spacial score (nSPS) is 10.9. The summed E-state index contributed by atoms with van der Waals surface area (Å²) in [6.07, 6.45) is 14.3. The van der Waals surface area contributed by atoms with E-state index in [0.29, 0.717) is 6.61 Å². The zero-order valence-corrected chi connectivity index (χ0v) is 16.3. The number of para-hydroxylation sites is 1. The summed E-state index contributed by atoms with van der Waals surface area (Å²) >= 11 is 0. The van der Waals surface area contributed by atoms with Crippen LogP contribution in [0.3, 0.4) is 0 Å². The number of rotatable bonds is 14. The molecule has 0 bridgehead atoms. The summed E-state index contributed by atoms with van der Waals surface area (Å²) in [6.45, 7) is 2.58. The Morgan fingerprint density at radius 1 is 0.926 bits per heavy atom. The maximum atomic E-state index is 13.4. The molecule has 150 valence electrons. The van der Waals surface area contributed by atoms with Gasteiger partial charge in [-0.15, -0.1) is 0 Å². The van der Waals surface area contributed by atoms with E-state index >= 15 is 0 Å². The first kappa shape index (κ1) is 22.9. The summed E-state index contributed by atoms with van der Waals surface area (Å²) in [5, 5.41) is 2.37. The number of carbonyl (C=O) groups excluding carboxylic acids is 2. The predicted molar refractivity (Wildman–Crippen MR) is 107 cm³/mol. The van der Waals surface area contributed by atoms with Gasteiger partial charge in [0.25, 0.3) is 0 Å². The summed E-state index contributed by atoms with van der Waals surface area (Å²) < 4.78 is 18.5. The third-order valence-electron chi connectivity index (χ3n) is 4.24. The van der Waals surface area contributed by atoms with E-state index in [-0.39, 0.29) is 5.69 Å². The van der Waals surface area contributed by atoms with Crippen molar-refractivity contribution in [3.8, 4) is 0 Å². The number of nitrogens with one attached hydrogen (secondary N) is 1. The lowest BCUT2D eigenvalue weighted by atomic mass is 10.1. The Kier molecular flexibility index (Phi) is 12.7. The number of hydrogen-bond acceptors (Lipinski definition) is 3. The largest absolute Gasteiger partial charge is 0.463 e. The molecule has 1 N–H and O–H groups in total. The highest BCUT2D eigenvalue weighted by Crippen LogP contribution is 2.12. The molecule has 0 aliphatic carbocycles. The van der Waals surface area contributed by atoms with Gasteiger partial charge in [-0.1, -0.05) is 76.8 Å². The number of carbonyl (C=O) groups is 2. The summed E-state index contributed by atoms with van der Waals surface area (Å²) in [7, 11) is 0. The molecule has 1 rings (SSSR count). The SMILES string of the molecule is CCCCCCCCCCCCOC(=O)/C=C/C(=O)Nc1ccccc1F. The average Bonchev–Trinajstić information content (AvgIpc) is 2.66. The number of hydrogen-bond donors (Lipinski definition) is 1. The molecule has 0 saturated carbocycles. The Bertz CT molecular complexity index is 587. The van der Waals surface area contributed by atoms with Gasteiger partial charge >= 0.3 is 5.97 Å². The first-order valence-electron chi connectivity index (χ1n) is 10.0. The Labute approximate surface area is 162 Å². The quantitative estimate of drug-likeness (QED) is 0.254. The molecule has 1 aromatic carbocycles. The van der Waals surface area contributed by atoms with Gasteiger partial charge in [0.05, 0.1) is 12.3 Å². The second-order valence-corrected chi connectivity index (χ2v) is 6.65. The van der Waals surface area contributed by atoms with Gasteiger partial charge in [-0.2, -0.15) is 0 Å². The van der Waals surface area contributed by atoms with E-state index in [0.717, 1.165) is 31.4 Å². The van der Waals surface area contributed by atoms with Crippen molar-refractivity contribution >= 4 is 17.6 Å². The van der Waals surface area contributed by atoms with E-state index < -0.39 is 17.7 Å². The smallest absolute Gasteiger partial charge is 0.330 e. The molecule has 27 heavy (non-hydrogen) atoms. The van der Waals surface area contributed by atoms with Gasteiger partial charge in [-0.3, -0.25) is 4.79 Å². The molecule has 5 heteroatoms. The molecule has 0 atom stereocenters. The molecule has 4 nitrogen and oxygen atoms in total. The van der Waals surface area contributed by atoms with Crippen LogP contribution in [-0.4, -0.2) is 18.5 Å². The summed E-state index contributed by atoms with van der Waals surface area (Å²) in [6, 6.07) is 5.85. The molecule has 0 radical (unpaired) electrons. The molecule has 0 saturated heterocycles. The lowest BCUT2D eigenvalue weighted by molar-refractivity contribution is -0.138. The van der Waals surface area contributed by atoms with Crippen molar-refractivity contribution in [2.24, 2.45) is 0 Å². The standard InChI is InChI=1S/C22H32FNO3/c1-2-3-4-5-6-7-8-9-10-13-18-27-22(26)17-16-21(25)24-20-15-12-11-14-19(20)23/h11-12,14-17H,2-10,13,18H2,1H3,(H,24,25)/b17-16+. The second-order valence-electron chi connectivity index (χ2n) is 6.65. The van der Waals surface area contributed by atoms with E-state index in [1.54, 1.807) is 6.07 Å². The van der Waals surface area contributed by atoms with Crippen molar-refractivity contribution < 1.29 is 18.7 Å². The van der Waals surface area contributed by atoms with Crippen LogP contribution in [0, 0.1) is 5.82 Å². The molecule has 0 aromatic heterocycles. The maximum absolute atomic E-state index is 13.4. The number of anilines is 1. The highest BCUT2D eigenvalue weighted by Gasteiger charge is 2.04. The number of amides is 1. The van der Waals surface area contributed by atoms with Gasteiger partial charge in [0.15, 0.2) is 0 Å². The summed E-state index contributed by atoms with van der Waals surface area (Å²) in [5.74, 6) is -1.66. The van der Waals surface area contributed by atoms with Crippen LogP contribution in [0.2, 0.25) is 0 Å². The number of benzene rings is 1. The molecule has 0 aliphatic rings. The van der Waals surface area contributed by atoms with Gasteiger partial charge in [0, 0.05) is 12.2 Å². The fourth-order valence-electron chi connectivity index (χ4n) is 2.69. The minimum Gasteiger partial charge on any atom is -0.463 e. The minimum absolute atomic E-state index is 0.0749. The van der Waals surface area contributed by atoms with Crippen LogP contribution >= 0.6 is 0 Å². The lowest BCUT2D eigenvalue weighted by Crippen LogP contribution is -2.10. The highest BCUT2D eigenvalue weighted by molar-refractivity contribution is 6.02. The van der Waals surface area contributed by atoms with Crippen LogP contribution in [-0.2, 0) is 14.3 Å². The van der Waals surface area contributed by atoms with E-state index in [1.165, 1.54) is 63.1 Å². The number of halogens is 1. The zero-order chi connectivity index (χ0) is 19.7. The summed E-state index contributed by atoms with van der Waals surface area (Å²) in [5.41, 5.74) is 0.0749. The number of ether oxygens (including phenoxy) is 1. The zero-order valence-electron chi connectivity index (χ0n) is 16.3. The van der Waals surface area contributed by atoms with Crippen LogP contribution < -0.4 is 5.32 Å². The molecule has 1 aromatic rings. The highest BCUT2D eigenvalue weighted by atomic mass is 19.1. The van der Waals surface area contributed by atoms with Crippen molar-refractivity contribution in [2.45, 2.75) is 71.1 Å². The Hall–Kier alpha value is -2.17.